The highest BCUT2D eigenvalue weighted by atomic mass is 16.5. The van der Waals surface area contributed by atoms with Gasteiger partial charge in [-0.1, -0.05) is 65.2 Å². The minimum atomic E-state index is -0.304. The van der Waals surface area contributed by atoms with Crippen LogP contribution in [0, 0.1) is 0 Å². The van der Waals surface area contributed by atoms with Crippen molar-refractivity contribution in [1.29, 1.82) is 0 Å². The number of esters is 2. The van der Waals surface area contributed by atoms with Gasteiger partial charge in [0.15, 0.2) is 0 Å². The summed E-state index contributed by atoms with van der Waals surface area (Å²) in [5, 5.41) is 0. The zero-order valence-corrected chi connectivity index (χ0v) is 15.4. The zero-order valence-electron chi connectivity index (χ0n) is 15.4. The van der Waals surface area contributed by atoms with E-state index in [1.54, 1.807) is 0 Å². The first-order valence-corrected chi connectivity index (χ1v) is 9.45. The highest BCUT2D eigenvalue weighted by Crippen LogP contribution is 2.08. The number of ether oxygens (including phenoxy) is 2. The molecule has 0 amide bonds. The Kier molecular flexibility index (Phi) is 15.1. The summed E-state index contributed by atoms with van der Waals surface area (Å²) in [5.74, 6) is -0.601. The molecule has 0 heterocycles. The van der Waals surface area contributed by atoms with Gasteiger partial charge in [-0.15, -0.1) is 0 Å². The van der Waals surface area contributed by atoms with Gasteiger partial charge >= 0.3 is 11.9 Å². The van der Waals surface area contributed by atoms with Crippen molar-refractivity contribution in [2.24, 2.45) is 0 Å². The van der Waals surface area contributed by atoms with Crippen molar-refractivity contribution in [3.05, 3.63) is 0 Å². The predicted octanol–water partition coefficient (Wildman–Crippen LogP) is 5.18. The van der Waals surface area contributed by atoms with Gasteiger partial charge in [0.05, 0.1) is 25.6 Å². The third-order valence-corrected chi connectivity index (χ3v) is 3.84. The normalized spacial score (nSPS) is 12.0. The van der Waals surface area contributed by atoms with Crippen LogP contribution in [0.25, 0.3) is 0 Å². The molecular weight excluding hydrogens is 292 g/mol. The summed E-state index contributed by atoms with van der Waals surface area (Å²) in [6.45, 7) is 6.68. The molecule has 0 rings (SSSR count). The fourth-order valence-corrected chi connectivity index (χ4v) is 2.36. The third-order valence-electron chi connectivity index (χ3n) is 3.84. The first-order chi connectivity index (χ1) is 11.1. The molecule has 1 atom stereocenters. The average Bonchev–Trinajstić information content (AvgIpc) is 2.53. The lowest BCUT2D eigenvalue weighted by atomic mass is 10.1. The van der Waals surface area contributed by atoms with E-state index in [2.05, 4.69) is 13.8 Å². The molecule has 0 aliphatic heterocycles. The molecule has 0 N–H and O–H groups in total. The van der Waals surface area contributed by atoms with Crippen molar-refractivity contribution in [2.75, 3.05) is 6.61 Å². The molecule has 136 valence electrons. The molecule has 0 fully saturated rings. The molecule has 4 nitrogen and oxygen atoms in total. The van der Waals surface area contributed by atoms with E-state index in [-0.39, 0.29) is 30.9 Å². The highest BCUT2D eigenvalue weighted by Gasteiger charge is 2.12. The van der Waals surface area contributed by atoms with E-state index < -0.39 is 0 Å². The molecular formula is C19H36O4. The fraction of sp³-hybridized carbons (Fsp3) is 0.895. The van der Waals surface area contributed by atoms with Crippen LogP contribution in [-0.2, 0) is 19.1 Å². The van der Waals surface area contributed by atoms with Gasteiger partial charge in [0.2, 0.25) is 0 Å². The smallest absolute Gasteiger partial charge is 0.306 e. The van der Waals surface area contributed by atoms with Gasteiger partial charge in [-0.25, -0.2) is 0 Å². The number of carbonyl (C=O) groups is 2. The molecule has 0 bridgehead atoms. The van der Waals surface area contributed by atoms with Crippen LogP contribution in [0.2, 0.25) is 0 Å². The van der Waals surface area contributed by atoms with Crippen LogP contribution in [0.5, 0.6) is 0 Å². The van der Waals surface area contributed by atoms with Gasteiger partial charge in [-0.2, -0.15) is 0 Å². The van der Waals surface area contributed by atoms with Crippen LogP contribution in [-0.4, -0.2) is 24.6 Å². The van der Waals surface area contributed by atoms with Gasteiger partial charge in [-0.3, -0.25) is 9.59 Å². The summed E-state index contributed by atoms with van der Waals surface area (Å²) in [6.07, 6.45) is 11.6. The van der Waals surface area contributed by atoms with Gasteiger partial charge in [0.1, 0.15) is 0 Å². The molecule has 0 saturated carbocycles. The minimum Gasteiger partial charge on any atom is -0.466 e. The van der Waals surface area contributed by atoms with Crippen LogP contribution in [0.15, 0.2) is 0 Å². The first kappa shape index (κ1) is 21.9. The summed E-state index contributed by atoms with van der Waals surface area (Å²) >= 11 is 0. The zero-order chi connectivity index (χ0) is 17.3. The molecule has 0 aromatic heterocycles. The Balaban J connectivity index is 3.47. The number of hydrogen-bond donors (Lipinski definition) is 0. The average molecular weight is 328 g/mol. The van der Waals surface area contributed by atoms with E-state index in [0.29, 0.717) is 6.61 Å². The Morgan fingerprint density at radius 3 is 2.00 bits per heavy atom. The van der Waals surface area contributed by atoms with E-state index in [1.807, 2.05) is 6.92 Å². The van der Waals surface area contributed by atoms with Crippen LogP contribution in [0.4, 0.5) is 0 Å². The molecule has 4 heteroatoms. The second kappa shape index (κ2) is 15.8. The maximum Gasteiger partial charge on any atom is 0.306 e. The highest BCUT2D eigenvalue weighted by molar-refractivity contribution is 5.77. The van der Waals surface area contributed by atoms with Crippen molar-refractivity contribution in [3.63, 3.8) is 0 Å². The molecule has 0 aromatic rings. The monoisotopic (exact) mass is 328 g/mol. The lowest BCUT2D eigenvalue weighted by molar-refractivity contribution is -0.153. The molecule has 0 spiro atoms. The summed E-state index contributed by atoms with van der Waals surface area (Å²) in [7, 11) is 0. The lowest BCUT2D eigenvalue weighted by Gasteiger charge is -2.12. The first-order valence-electron chi connectivity index (χ1n) is 9.45. The van der Waals surface area contributed by atoms with Gasteiger partial charge in [-0.05, 0) is 19.8 Å². The second-order valence-electron chi connectivity index (χ2n) is 6.28. The van der Waals surface area contributed by atoms with E-state index >= 15 is 0 Å². The van der Waals surface area contributed by atoms with Crippen molar-refractivity contribution in [3.8, 4) is 0 Å². The summed E-state index contributed by atoms with van der Waals surface area (Å²) < 4.78 is 10.4. The van der Waals surface area contributed by atoms with E-state index in [4.69, 9.17) is 9.47 Å². The molecule has 1 unspecified atom stereocenters. The van der Waals surface area contributed by atoms with E-state index in [1.165, 1.54) is 32.1 Å². The molecule has 0 aromatic carbocycles. The lowest BCUT2D eigenvalue weighted by Crippen LogP contribution is -2.16. The Morgan fingerprint density at radius 2 is 1.35 bits per heavy atom. The summed E-state index contributed by atoms with van der Waals surface area (Å²) in [6, 6.07) is 0. The topological polar surface area (TPSA) is 52.6 Å². The van der Waals surface area contributed by atoms with Crippen molar-refractivity contribution in [2.45, 2.75) is 104 Å². The summed E-state index contributed by atoms with van der Waals surface area (Å²) in [5.41, 5.74) is 0. The molecule has 23 heavy (non-hydrogen) atoms. The maximum atomic E-state index is 11.6. The van der Waals surface area contributed by atoms with E-state index in [0.717, 1.165) is 32.1 Å². The molecule has 0 saturated heterocycles. The number of rotatable bonds is 15. The largest absolute Gasteiger partial charge is 0.466 e. The predicted molar refractivity (Wildman–Crippen MR) is 93.3 cm³/mol. The standard InChI is InChI=1S/C19H36O4/c1-4-6-8-9-10-11-12-16-22-18(20)14-15-19(21)23-17(3)13-7-5-2/h17H,4-16H2,1-3H3. The van der Waals surface area contributed by atoms with Crippen LogP contribution >= 0.6 is 0 Å². The van der Waals surface area contributed by atoms with Crippen LogP contribution in [0.1, 0.15) is 97.8 Å². The number of hydrogen-bond acceptors (Lipinski definition) is 4. The third kappa shape index (κ3) is 15.6. The fourth-order valence-electron chi connectivity index (χ4n) is 2.36. The van der Waals surface area contributed by atoms with Gasteiger partial charge < -0.3 is 9.47 Å². The SMILES string of the molecule is CCCCCCCCCOC(=O)CCC(=O)OC(C)CCCC. The molecule has 0 aliphatic rings. The number of carbonyl (C=O) groups excluding carboxylic acids is 2. The van der Waals surface area contributed by atoms with Crippen LogP contribution < -0.4 is 0 Å². The second-order valence-corrected chi connectivity index (χ2v) is 6.28. The van der Waals surface area contributed by atoms with E-state index in [9.17, 15) is 9.59 Å². The quantitative estimate of drug-likeness (QED) is 0.307. The van der Waals surface area contributed by atoms with Crippen molar-refractivity contribution in [1.82, 2.24) is 0 Å². The summed E-state index contributed by atoms with van der Waals surface area (Å²) in [4.78, 5) is 23.1. The minimum absolute atomic E-state index is 0.0637. The Labute approximate surface area is 142 Å². The Bertz CT molecular complexity index is 302. The van der Waals surface area contributed by atoms with Crippen LogP contribution in [0.3, 0.4) is 0 Å². The van der Waals surface area contributed by atoms with Gasteiger partial charge in [0, 0.05) is 0 Å². The Morgan fingerprint density at radius 1 is 0.783 bits per heavy atom. The molecule has 0 radical (unpaired) electrons. The molecule has 0 aliphatic carbocycles. The van der Waals surface area contributed by atoms with Crippen molar-refractivity contribution >= 4 is 11.9 Å². The number of unbranched alkanes of at least 4 members (excludes halogenated alkanes) is 7. The maximum absolute atomic E-state index is 11.6. The van der Waals surface area contributed by atoms with Gasteiger partial charge in [0.25, 0.3) is 0 Å². The van der Waals surface area contributed by atoms with Crippen molar-refractivity contribution < 1.29 is 19.1 Å². The Hall–Kier alpha value is -1.06.